The number of rotatable bonds is 4. The summed E-state index contributed by atoms with van der Waals surface area (Å²) in [6.07, 6.45) is -5.97. The van der Waals surface area contributed by atoms with E-state index in [0.29, 0.717) is 34.9 Å². The molecule has 3 rings (SSSR count). The molecule has 2 atom stereocenters. The molecule has 1 saturated heterocycles. The molecule has 2 nitrogen and oxygen atoms in total. The van der Waals surface area contributed by atoms with E-state index in [9.17, 15) is 26.3 Å². The molecule has 1 aromatic carbocycles. The molecule has 2 heterocycles. The molecule has 10 heteroatoms. The zero-order chi connectivity index (χ0) is 22.2. The maximum atomic E-state index is 13.0. The highest BCUT2D eigenvalue weighted by Crippen LogP contribution is 2.47. The lowest BCUT2D eigenvalue weighted by molar-refractivity contribution is -0.138. The first-order valence-electron chi connectivity index (χ1n) is 9.00. The molecule has 1 aliphatic heterocycles. The number of hydrogen-bond acceptors (Lipinski definition) is 4. The summed E-state index contributed by atoms with van der Waals surface area (Å²) in [6.45, 7) is 2.26. The summed E-state index contributed by atoms with van der Waals surface area (Å²) < 4.78 is 83.3. The number of pyridine rings is 1. The third-order valence-corrected chi connectivity index (χ3v) is 6.95. The van der Waals surface area contributed by atoms with Crippen molar-refractivity contribution in [2.75, 3.05) is 12.9 Å². The fourth-order valence-corrected chi connectivity index (χ4v) is 5.23. The van der Waals surface area contributed by atoms with E-state index in [4.69, 9.17) is 4.74 Å². The van der Waals surface area contributed by atoms with Gasteiger partial charge in [0.25, 0.3) is 0 Å². The third kappa shape index (κ3) is 5.45. The summed E-state index contributed by atoms with van der Waals surface area (Å²) in [5.41, 5.74) is -1.12. The van der Waals surface area contributed by atoms with Crippen LogP contribution < -0.4 is 0 Å². The molecule has 0 bridgehead atoms. The Bertz CT molecular complexity index is 902. The zero-order valence-corrected chi connectivity index (χ0v) is 17.7. The number of ether oxygens (including phenoxy) is 1. The van der Waals surface area contributed by atoms with Crippen LogP contribution in [-0.2, 0) is 17.1 Å². The highest BCUT2D eigenvalue weighted by Gasteiger charge is 2.38. The van der Waals surface area contributed by atoms with E-state index in [1.165, 1.54) is 17.8 Å². The van der Waals surface area contributed by atoms with Gasteiger partial charge in [-0.2, -0.15) is 26.3 Å². The van der Waals surface area contributed by atoms with E-state index in [0.717, 1.165) is 36.2 Å². The van der Waals surface area contributed by atoms with Crippen LogP contribution in [0.3, 0.4) is 0 Å². The molecular formula is C20H19F6NOS2. The Morgan fingerprint density at radius 3 is 2.40 bits per heavy atom. The van der Waals surface area contributed by atoms with Crippen molar-refractivity contribution in [3.8, 4) is 0 Å². The summed E-state index contributed by atoms with van der Waals surface area (Å²) in [4.78, 5) is 4.90. The quantitative estimate of drug-likeness (QED) is 0.349. The first-order valence-corrected chi connectivity index (χ1v) is 11.0. The maximum Gasteiger partial charge on any atom is 0.417 e. The number of halogens is 6. The smallest absolute Gasteiger partial charge is 0.372 e. The van der Waals surface area contributed by atoms with Crippen molar-refractivity contribution in [2.24, 2.45) is 0 Å². The average Bonchev–Trinajstić information content (AvgIpc) is 2.66. The minimum absolute atomic E-state index is 0.337. The van der Waals surface area contributed by atoms with Crippen molar-refractivity contribution >= 4 is 23.5 Å². The van der Waals surface area contributed by atoms with Crippen molar-refractivity contribution in [1.29, 1.82) is 0 Å². The van der Waals surface area contributed by atoms with E-state index in [-0.39, 0.29) is 0 Å². The minimum Gasteiger partial charge on any atom is -0.372 e. The number of hydrogen-bond donors (Lipinski definition) is 0. The van der Waals surface area contributed by atoms with Gasteiger partial charge in [0.2, 0.25) is 0 Å². The number of thioether (sulfide) groups is 2. The lowest BCUT2D eigenvalue weighted by atomic mass is 9.94. The van der Waals surface area contributed by atoms with Crippen LogP contribution in [0.1, 0.15) is 42.7 Å². The third-order valence-electron chi connectivity index (χ3n) is 4.83. The topological polar surface area (TPSA) is 22.1 Å². The normalized spacial score (nSPS) is 22.9. The van der Waals surface area contributed by atoms with Crippen LogP contribution in [-0.4, -0.2) is 22.6 Å². The van der Waals surface area contributed by atoms with Crippen molar-refractivity contribution < 1.29 is 31.1 Å². The Labute approximate surface area is 178 Å². The summed E-state index contributed by atoms with van der Waals surface area (Å²) in [6, 6.07) is 6.19. The molecule has 0 spiro atoms. The average molecular weight is 468 g/mol. The van der Waals surface area contributed by atoms with Crippen molar-refractivity contribution in [3.05, 3.63) is 53.3 Å². The fraction of sp³-hybridized carbons (Fsp3) is 0.450. The fourth-order valence-electron chi connectivity index (χ4n) is 3.27. The molecule has 0 aliphatic carbocycles. The van der Waals surface area contributed by atoms with Gasteiger partial charge in [-0.1, -0.05) is 6.07 Å². The molecule has 1 aliphatic rings. The summed E-state index contributed by atoms with van der Waals surface area (Å²) in [5.74, 6) is 0. The number of alkyl halides is 6. The second-order valence-corrected chi connectivity index (χ2v) is 9.71. The van der Waals surface area contributed by atoms with Crippen LogP contribution in [0, 0.1) is 0 Å². The van der Waals surface area contributed by atoms with Gasteiger partial charge in [-0.15, -0.1) is 23.5 Å². The lowest BCUT2D eigenvalue weighted by Crippen LogP contribution is -2.32. The first kappa shape index (κ1) is 23.3. The summed E-state index contributed by atoms with van der Waals surface area (Å²) in [5, 5.41) is 0. The van der Waals surface area contributed by atoms with Crippen molar-refractivity contribution in [1.82, 2.24) is 4.98 Å². The zero-order valence-electron chi connectivity index (χ0n) is 16.1. The Morgan fingerprint density at radius 1 is 1.07 bits per heavy atom. The Hall–Kier alpha value is -1.39. The lowest BCUT2D eigenvalue weighted by Gasteiger charge is -2.38. The van der Waals surface area contributed by atoms with Gasteiger partial charge in [0.1, 0.15) is 6.10 Å². The highest BCUT2D eigenvalue weighted by molar-refractivity contribution is 8.00. The molecule has 0 N–H and O–H groups in total. The first-order chi connectivity index (χ1) is 13.9. The van der Waals surface area contributed by atoms with Gasteiger partial charge in [-0.3, -0.25) is 4.98 Å². The molecule has 2 aromatic rings. The Morgan fingerprint density at radius 2 is 1.77 bits per heavy atom. The molecule has 2 unspecified atom stereocenters. The van der Waals surface area contributed by atoms with Crippen LogP contribution in [0.25, 0.3) is 0 Å². The van der Waals surface area contributed by atoms with Crippen LogP contribution in [0.4, 0.5) is 26.3 Å². The van der Waals surface area contributed by atoms with Crippen LogP contribution in [0.2, 0.25) is 0 Å². The molecule has 0 radical (unpaired) electrons. The largest absolute Gasteiger partial charge is 0.417 e. The van der Waals surface area contributed by atoms with E-state index >= 15 is 0 Å². The minimum atomic E-state index is -4.49. The molecule has 0 amide bonds. The summed E-state index contributed by atoms with van der Waals surface area (Å²) >= 11 is 2.48. The van der Waals surface area contributed by atoms with Crippen LogP contribution in [0.15, 0.2) is 46.3 Å². The second kappa shape index (κ2) is 8.63. The molecule has 30 heavy (non-hydrogen) atoms. The van der Waals surface area contributed by atoms with E-state index in [1.807, 2.05) is 6.92 Å². The SMILES string of the molecule is CSc1cc(C(F)(F)F)cnc1C1CC(C)(Sc2cccc(C(F)(F)F)c2)CCO1. The molecule has 0 saturated carbocycles. The van der Waals surface area contributed by atoms with Gasteiger partial charge in [-0.25, -0.2) is 0 Å². The Balaban J connectivity index is 1.83. The molecule has 164 valence electrons. The van der Waals surface area contributed by atoms with Gasteiger partial charge in [0, 0.05) is 27.3 Å². The predicted molar refractivity (Wildman–Crippen MR) is 105 cm³/mol. The second-order valence-electron chi connectivity index (χ2n) is 7.20. The van der Waals surface area contributed by atoms with E-state index in [1.54, 1.807) is 12.3 Å². The van der Waals surface area contributed by atoms with Crippen LogP contribution >= 0.6 is 23.5 Å². The number of nitrogens with zero attached hydrogens (tertiary/aromatic N) is 1. The summed E-state index contributed by atoms with van der Waals surface area (Å²) in [7, 11) is 0. The monoisotopic (exact) mass is 467 g/mol. The van der Waals surface area contributed by atoms with Crippen molar-refractivity contribution in [2.45, 2.75) is 52.8 Å². The van der Waals surface area contributed by atoms with E-state index < -0.39 is 34.3 Å². The van der Waals surface area contributed by atoms with Crippen LogP contribution in [0.5, 0.6) is 0 Å². The predicted octanol–water partition coefficient (Wildman–Crippen LogP) is 7.24. The van der Waals surface area contributed by atoms with Gasteiger partial charge in [0.15, 0.2) is 0 Å². The Kier molecular flexibility index (Phi) is 6.69. The van der Waals surface area contributed by atoms with Gasteiger partial charge < -0.3 is 4.74 Å². The molecule has 1 aromatic heterocycles. The van der Waals surface area contributed by atoms with Gasteiger partial charge in [0.05, 0.1) is 16.8 Å². The standard InChI is InChI=1S/C20H19F6NOS2/c1-18(30-14-5-3-4-12(8-14)19(21,22)23)6-7-28-15(10-18)17-16(29-2)9-13(11-27-17)20(24,25)26/h3-5,8-9,11,15H,6-7,10H2,1-2H3. The van der Waals surface area contributed by atoms with Crippen molar-refractivity contribution in [3.63, 3.8) is 0 Å². The highest BCUT2D eigenvalue weighted by atomic mass is 32.2. The molecular weight excluding hydrogens is 448 g/mol. The number of aromatic nitrogens is 1. The molecule has 1 fully saturated rings. The number of benzene rings is 1. The van der Waals surface area contributed by atoms with Gasteiger partial charge >= 0.3 is 12.4 Å². The maximum absolute atomic E-state index is 13.0. The van der Waals surface area contributed by atoms with Gasteiger partial charge in [-0.05, 0) is 50.3 Å². The van der Waals surface area contributed by atoms with E-state index in [2.05, 4.69) is 4.98 Å².